The molecule has 0 bridgehead atoms. The van der Waals surface area contributed by atoms with Crippen LogP contribution in [-0.2, 0) is 14.3 Å². The molecule has 1 amide bonds. The fraction of sp³-hybridized carbons (Fsp3) is 0.500. The molecule has 148 valence electrons. The number of amides is 1. The number of carboxylic acid groups (broad SMARTS) is 1. The summed E-state index contributed by atoms with van der Waals surface area (Å²) in [5.41, 5.74) is 0.0394. The Hall–Kier alpha value is -2.54. The predicted molar refractivity (Wildman–Crippen MR) is 100 cm³/mol. The molecule has 1 fully saturated rings. The maximum Gasteiger partial charge on any atom is 0.408 e. The molecule has 7 nitrogen and oxygen atoms in total. The van der Waals surface area contributed by atoms with Gasteiger partial charge in [-0.2, -0.15) is 0 Å². The van der Waals surface area contributed by atoms with E-state index in [1.807, 2.05) is 0 Å². The first-order valence-electron chi connectivity index (χ1n) is 8.95. The molecule has 0 aromatic heterocycles. The normalized spacial score (nSPS) is 18.3. The van der Waals surface area contributed by atoms with Crippen molar-refractivity contribution in [3.8, 4) is 5.75 Å². The Morgan fingerprint density at radius 3 is 2.67 bits per heavy atom. The summed E-state index contributed by atoms with van der Waals surface area (Å²) in [6, 6.07) is 5.59. The Kier molecular flexibility index (Phi) is 6.85. The molecule has 27 heavy (non-hydrogen) atoms. The summed E-state index contributed by atoms with van der Waals surface area (Å²) in [5, 5.41) is 11.8. The number of nitrogens with one attached hydrogen (secondary N) is 1. The number of carbonyl (C=O) groups is 2. The van der Waals surface area contributed by atoms with Crippen molar-refractivity contribution >= 4 is 17.6 Å². The summed E-state index contributed by atoms with van der Waals surface area (Å²) in [6.07, 6.45) is 1.74. The van der Waals surface area contributed by atoms with Crippen molar-refractivity contribution < 1.29 is 28.9 Å². The quantitative estimate of drug-likeness (QED) is 0.787. The zero-order valence-corrected chi connectivity index (χ0v) is 16.0. The van der Waals surface area contributed by atoms with E-state index >= 15 is 0 Å². The standard InChI is InChI=1S/C20H27NO6/c1-13(17(18(22)23)21-19(24)27-20(2,3)4)14-8-7-9-15(12-14)26-16-10-5-6-11-25-16/h7-9,12,16-17H,1,5-6,10-11H2,2-4H3,(H,21,24)(H,22,23). The van der Waals surface area contributed by atoms with Crippen molar-refractivity contribution in [3.63, 3.8) is 0 Å². The van der Waals surface area contributed by atoms with Gasteiger partial charge in [-0.3, -0.25) is 0 Å². The van der Waals surface area contributed by atoms with Gasteiger partial charge in [0.15, 0.2) is 12.3 Å². The van der Waals surface area contributed by atoms with Crippen molar-refractivity contribution in [2.24, 2.45) is 0 Å². The lowest BCUT2D eigenvalue weighted by Gasteiger charge is -2.24. The first-order chi connectivity index (χ1) is 12.7. The van der Waals surface area contributed by atoms with Crippen LogP contribution in [-0.4, -0.2) is 41.7 Å². The van der Waals surface area contributed by atoms with Crippen LogP contribution in [0, 0.1) is 0 Å². The molecule has 0 spiro atoms. The van der Waals surface area contributed by atoms with Crippen LogP contribution in [0.3, 0.4) is 0 Å². The maximum atomic E-state index is 12.0. The van der Waals surface area contributed by atoms with Crippen molar-refractivity contribution in [1.82, 2.24) is 5.32 Å². The number of carboxylic acids is 1. The number of ether oxygens (including phenoxy) is 3. The molecule has 2 rings (SSSR count). The molecule has 1 aliphatic heterocycles. The van der Waals surface area contributed by atoms with E-state index < -0.39 is 23.7 Å². The third kappa shape index (κ3) is 6.60. The lowest BCUT2D eigenvalue weighted by atomic mass is 10.00. The minimum atomic E-state index is -1.32. The molecule has 1 aliphatic rings. The molecule has 1 heterocycles. The van der Waals surface area contributed by atoms with E-state index in [1.165, 1.54) is 0 Å². The van der Waals surface area contributed by atoms with Gasteiger partial charge < -0.3 is 24.6 Å². The van der Waals surface area contributed by atoms with Crippen LogP contribution < -0.4 is 10.1 Å². The van der Waals surface area contributed by atoms with Crippen LogP contribution >= 0.6 is 0 Å². The van der Waals surface area contributed by atoms with E-state index in [2.05, 4.69) is 11.9 Å². The summed E-state index contributed by atoms with van der Waals surface area (Å²) in [4.78, 5) is 23.6. The minimum absolute atomic E-state index is 0.225. The average Bonchev–Trinajstić information content (AvgIpc) is 2.58. The van der Waals surface area contributed by atoms with E-state index in [9.17, 15) is 14.7 Å². The Labute approximate surface area is 159 Å². The lowest BCUT2D eigenvalue weighted by molar-refractivity contribution is -0.137. The number of benzene rings is 1. The first-order valence-corrected chi connectivity index (χ1v) is 8.95. The van der Waals surface area contributed by atoms with E-state index in [4.69, 9.17) is 14.2 Å². The van der Waals surface area contributed by atoms with E-state index in [-0.39, 0.29) is 11.9 Å². The Balaban J connectivity index is 2.09. The van der Waals surface area contributed by atoms with E-state index in [0.29, 0.717) is 17.9 Å². The van der Waals surface area contributed by atoms with Gasteiger partial charge in [-0.25, -0.2) is 9.59 Å². The third-order valence-electron chi connectivity index (χ3n) is 3.87. The SMILES string of the molecule is C=C(c1cccc(OC2CCCCO2)c1)C(NC(=O)OC(C)(C)C)C(=O)O. The van der Waals surface area contributed by atoms with Crippen LogP contribution in [0.25, 0.3) is 5.57 Å². The van der Waals surface area contributed by atoms with Gasteiger partial charge in [-0.1, -0.05) is 18.7 Å². The van der Waals surface area contributed by atoms with E-state index in [0.717, 1.165) is 19.3 Å². The summed E-state index contributed by atoms with van der Waals surface area (Å²) in [7, 11) is 0. The fourth-order valence-corrected chi connectivity index (χ4v) is 2.62. The summed E-state index contributed by atoms with van der Waals surface area (Å²) in [6.45, 7) is 9.61. The number of hydrogen-bond acceptors (Lipinski definition) is 5. The third-order valence-corrected chi connectivity index (χ3v) is 3.87. The molecule has 2 unspecified atom stereocenters. The lowest BCUT2D eigenvalue weighted by Crippen LogP contribution is -2.43. The van der Waals surface area contributed by atoms with Crippen molar-refractivity contribution in [2.45, 2.75) is 58.0 Å². The van der Waals surface area contributed by atoms with Gasteiger partial charge in [0.05, 0.1) is 6.61 Å². The predicted octanol–water partition coefficient (Wildman–Crippen LogP) is 3.58. The molecule has 7 heteroatoms. The Morgan fingerprint density at radius 2 is 2.07 bits per heavy atom. The highest BCUT2D eigenvalue weighted by Gasteiger charge is 2.27. The average molecular weight is 377 g/mol. The number of aliphatic carboxylic acids is 1. The summed E-state index contributed by atoms with van der Waals surface area (Å²) in [5.74, 6) is -0.672. The van der Waals surface area contributed by atoms with Crippen LogP contribution in [0.4, 0.5) is 4.79 Å². The molecule has 0 radical (unpaired) electrons. The molecular weight excluding hydrogens is 350 g/mol. The monoisotopic (exact) mass is 377 g/mol. The fourth-order valence-electron chi connectivity index (χ4n) is 2.62. The zero-order valence-electron chi connectivity index (χ0n) is 16.0. The Bertz CT molecular complexity index is 688. The largest absolute Gasteiger partial charge is 0.479 e. The van der Waals surface area contributed by atoms with Crippen molar-refractivity contribution in [3.05, 3.63) is 36.4 Å². The van der Waals surface area contributed by atoms with Crippen molar-refractivity contribution in [2.75, 3.05) is 6.61 Å². The molecule has 1 aromatic carbocycles. The minimum Gasteiger partial charge on any atom is -0.479 e. The molecule has 1 saturated heterocycles. The second-order valence-corrected chi connectivity index (χ2v) is 7.38. The van der Waals surface area contributed by atoms with Crippen LogP contribution in [0.2, 0.25) is 0 Å². The number of alkyl carbamates (subject to hydrolysis) is 1. The van der Waals surface area contributed by atoms with Crippen LogP contribution in [0.1, 0.15) is 45.6 Å². The van der Waals surface area contributed by atoms with Gasteiger partial charge in [-0.05, 0) is 56.9 Å². The second kappa shape index (κ2) is 8.90. The topological polar surface area (TPSA) is 94.1 Å². The van der Waals surface area contributed by atoms with Gasteiger partial charge >= 0.3 is 12.1 Å². The first kappa shape index (κ1) is 20.8. The number of hydrogen-bond donors (Lipinski definition) is 2. The van der Waals surface area contributed by atoms with E-state index in [1.54, 1.807) is 45.0 Å². The van der Waals surface area contributed by atoms with Crippen LogP contribution in [0.5, 0.6) is 5.75 Å². The van der Waals surface area contributed by atoms with Gasteiger partial charge in [0.1, 0.15) is 11.4 Å². The molecular formula is C20H27NO6. The smallest absolute Gasteiger partial charge is 0.408 e. The van der Waals surface area contributed by atoms with Gasteiger partial charge in [0.25, 0.3) is 0 Å². The number of rotatable bonds is 6. The van der Waals surface area contributed by atoms with Gasteiger partial charge in [0, 0.05) is 6.42 Å². The summed E-state index contributed by atoms with van der Waals surface area (Å²) < 4.78 is 16.5. The van der Waals surface area contributed by atoms with Crippen molar-refractivity contribution in [1.29, 1.82) is 0 Å². The highest BCUT2D eigenvalue weighted by atomic mass is 16.7. The van der Waals surface area contributed by atoms with Gasteiger partial charge in [0.2, 0.25) is 0 Å². The zero-order chi connectivity index (χ0) is 20.0. The second-order valence-electron chi connectivity index (χ2n) is 7.38. The molecule has 0 aliphatic carbocycles. The highest BCUT2D eigenvalue weighted by molar-refractivity contribution is 5.93. The number of carbonyl (C=O) groups excluding carboxylic acids is 1. The summed E-state index contributed by atoms with van der Waals surface area (Å²) >= 11 is 0. The molecule has 2 atom stereocenters. The maximum absolute atomic E-state index is 12.0. The van der Waals surface area contributed by atoms with Gasteiger partial charge in [-0.15, -0.1) is 0 Å². The molecule has 0 saturated carbocycles. The Morgan fingerprint density at radius 1 is 1.33 bits per heavy atom. The molecule has 1 aromatic rings. The highest BCUT2D eigenvalue weighted by Crippen LogP contribution is 2.25. The van der Waals surface area contributed by atoms with Crippen LogP contribution in [0.15, 0.2) is 30.8 Å². The molecule has 2 N–H and O–H groups in total.